The second-order valence-electron chi connectivity index (χ2n) is 8.77. The van der Waals surface area contributed by atoms with Crippen molar-refractivity contribution in [3.05, 3.63) is 51.5 Å². The highest BCUT2D eigenvalue weighted by Crippen LogP contribution is 2.56. The Balaban J connectivity index is 1.72. The van der Waals surface area contributed by atoms with Crippen LogP contribution in [0, 0.1) is 5.92 Å². The number of ether oxygens (including phenoxy) is 2. The fourth-order valence-electron chi connectivity index (χ4n) is 4.88. The third kappa shape index (κ3) is 4.21. The lowest BCUT2D eigenvalue weighted by Crippen LogP contribution is -2.46. The van der Waals surface area contributed by atoms with Crippen LogP contribution in [0.2, 0.25) is 0 Å². The van der Waals surface area contributed by atoms with Crippen molar-refractivity contribution in [2.75, 3.05) is 32.2 Å². The van der Waals surface area contributed by atoms with Gasteiger partial charge in [0.2, 0.25) is 0 Å². The molecule has 2 aliphatic heterocycles. The molecule has 1 N–H and O–H groups in total. The molecule has 0 aliphatic carbocycles. The van der Waals surface area contributed by atoms with Crippen LogP contribution >= 0.6 is 23.5 Å². The Hall–Kier alpha value is -1.53. The average molecular weight is 524 g/mol. The van der Waals surface area contributed by atoms with E-state index in [0.717, 1.165) is 32.8 Å². The lowest BCUT2D eigenvalue weighted by Gasteiger charge is -2.48. The molecule has 8 heteroatoms. The van der Waals surface area contributed by atoms with E-state index in [1.54, 1.807) is 7.11 Å². The van der Waals surface area contributed by atoms with E-state index in [4.69, 9.17) is 18.5 Å². The highest BCUT2D eigenvalue weighted by Gasteiger charge is 2.47. The monoisotopic (exact) mass is 523 g/mol. The van der Waals surface area contributed by atoms with Crippen molar-refractivity contribution in [2.24, 2.45) is 5.92 Å². The molecule has 0 radical (unpaired) electrons. The van der Waals surface area contributed by atoms with Gasteiger partial charge in [0.15, 0.2) is 11.5 Å². The summed E-state index contributed by atoms with van der Waals surface area (Å²) in [5.41, 5.74) is 4.13. The van der Waals surface area contributed by atoms with Gasteiger partial charge < -0.3 is 23.8 Å². The number of halogens is 1. The summed E-state index contributed by atoms with van der Waals surface area (Å²) in [6.45, 7) is 9.46. The largest absolute Gasteiger partial charge is 0.493 e. The van der Waals surface area contributed by atoms with E-state index in [-0.39, 0.29) is 23.5 Å². The second-order valence-corrected chi connectivity index (χ2v) is 11.7. The predicted molar refractivity (Wildman–Crippen MR) is 130 cm³/mol. The molecule has 0 saturated carbocycles. The molecule has 0 bridgehead atoms. The fourth-order valence-corrected chi connectivity index (χ4v) is 7.02. The Bertz CT molecular complexity index is 1050. The number of hydrogen-bond acceptors (Lipinski definition) is 6. The molecule has 0 fully saturated rings. The summed E-state index contributed by atoms with van der Waals surface area (Å²) in [6.07, 6.45) is 0.260. The molecular weight excluding hydrogens is 493 g/mol. The summed E-state index contributed by atoms with van der Waals surface area (Å²) in [6, 6.07) is 10.4. The van der Waals surface area contributed by atoms with E-state index in [1.807, 2.05) is 26.0 Å². The van der Waals surface area contributed by atoms with Crippen LogP contribution in [0.1, 0.15) is 50.4 Å². The zero-order valence-electron chi connectivity index (χ0n) is 19.2. The molecular formula is C24H31BrNO5P. The Kier molecular flexibility index (Phi) is 6.66. The molecule has 0 aromatic heterocycles. The van der Waals surface area contributed by atoms with Crippen molar-refractivity contribution in [3.63, 3.8) is 0 Å². The topological polar surface area (TPSA) is 66.0 Å². The molecule has 6 nitrogen and oxygen atoms in total. The third-order valence-corrected chi connectivity index (χ3v) is 8.97. The predicted octanol–water partition coefficient (Wildman–Crippen LogP) is 6.68. The number of rotatable bonds is 7. The van der Waals surface area contributed by atoms with E-state index in [1.165, 1.54) is 5.56 Å². The molecule has 0 spiro atoms. The zero-order chi connectivity index (χ0) is 23.1. The Morgan fingerprint density at radius 3 is 2.56 bits per heavy atom. The van der Waals surface area contributed by atoms with Gasteiger partial charge in [0.1, 0.15) is 0 Å². The van der Waals surface area contributed by atoms with Gasteiger partial charge in [0, 0.05) is 27.1 Å². The minimum Gasteiger partial charge on any atom is -0.493 e. The van der Waals surface area contributed by atoms with Gasteiger partial charge in [-0.1, -0.05) is 41.9 Å². The van der Waals surface area contributed by atoms with Crippen molar-refractivity contribution in [3.8, 4) is 11.5 Å². The average Bonchev–Trinajstić information content (AvgIpc) is 2.74. The van der Waals surface area contributed by atoms with E-state index >= 15 is 0 Å². The molecule has 0 amide bonds. The Labute approximate surface area is 198 Å². The second kappa shape index (κ2) is 9.02. The quantitative estimate of drug-likeness (QED) is 0.408. The molecule has 174 valence electrons. The molecule has 0 unspecified atom stereocenters. The SMILES string of the molecule is CCOP(=O)(Cc1ccc2c(c1)C(C)(C)[C@@H]1COc3c(OC)cc(Br)cc3[C@H]1N2)OCC. The van der Waals surface area contributed by atoms with Gasteiger partial charge in [0.25, 0.3) is 0 Å². The van der Waals surface area contributed by atoms with Gasteiger partial charge in [0.05, 0.1) is 39.1 Å². The molecule has 2 aliphatic rings. The summed E-state index contributed by atoms with van der Waals surface area (Å²) in [5, 5.41) is 3.74. The van der Waals surface area contributed by atoms with Crippen molar-refractivity contribution in [2.45, 2.75) is 45.3 Å². The number of fused-ring (bicyclic) bond motifs is 4. The number of anilines is 1. The van der Waals surface area contributed by atoms with Crippen molar-refractivity contribution >= 4 is 29.2 Å². The highest BCUT2D eigenvalue weighted by atomic mass is 79.9. The molecule has 2 heterocycles. The lowest BCUT2D eigenvalue weighted by molar-refractivity contribution is 0.131. The van der Waals surface area contributed by atoms with Gasteiger partial charge in [-0.3, -0.25) is 4.57 Å². The van der Waals surface area contributed by atoms with Crippen molar-refractivity contribution in [1.82, 2.24) is 0 Å². The Morgan fingerprint density at radius 2 is 1.91 bits per heavy atom. The van der Waals surface area contributed by atoms with Crippen LogP contribution in [0.4, 0.5) is 5.69 Å². The van der Waals surface area contributed by atoms with Gasteiger partial charge in [-0.05, 0) is 43.2 Å². The normalized spacial score (nSPS) is 20.9. The third-order valence-electron chi connectivity index (χ3n) is 6.46. The number of hydrogen-bond donors (Lipinski definition) is 1. The van der Waals surface area contributed by atoms with Gasteiger partial charge in [-0.15, -0.1) is 0 Å². The maximum Gasteiger partial charge on any atom is 0.335 e. The van der Waals surface area contributed by atoms with Crippen LogP contribution in [0.3, 0.4) is 0 Å². The fraction of sp³-hybridized carbons (Fsp3) is 0.500. The number of methoxy groups -OCH3 is 1. The van der Waals surface area contributed by atoms with Gasteiger partial charge >= 0.3 is 7.60 Å². The summed E-state index contributed by atoms with van der Waals surface area (Å²) in [4.78, 5) is 0. The number of benzene rings is 2. The van der Waals surface area contributed by atoms with Crippen LogP contribution in [0.5, 0.6) is 11.5 Å². The van der Waals surface area contributed by atoms with E-state index in [9.17, 15) is 4.57 Å². The minimum absolute atomic E-state index is 0.0939. The van der Waals surface area contributed by atoms with Crippen LogP contribution in [-0.2, 0) is 25.2 Å². The van der Waals surface area contributed by atoms with Crippen LogP contribution in [-0.4, -0.2) is 26.9 Å². The van der Waals surface area contributed by atoms with E-state index in [2.05, 4.69) is 53.3 Å². The smallest absolute Gasteiger partial charge is 0.335 e. The maximum absolute atomic E-state index is 13.1. The molecule has 2 aromatic rings. The standard InChI is InChI=1S/C24H31BrNO5P/c1-6-30-32(27,31-7-2)14-15-8-9-20-18(10-15)24(3,4)19-13-29-23-17(22(19)26-20)11-16(25)12-21(23)28-5/h8-12,19,22,26H,6-7,13-14H2,1-5H3/t19-,22-/m1/s1. The zero-order valence-corrected chi connectivity index (χ0v) is 21.7. The first-order valence-electron chi connectivity index (χ1n) is 11.0. The highest BCUT2D eigenvalue weighted by molar-refractivity contribution is 9.10. The maximum atomic E-state index is 13.1. The first-order chi connectivity index (χ1) is 15.2. The van der Waals surface area contributed by atoms with Crippen LogP contribution in [0.25, 0.3) is 0 Å². The van der Waals surface area contributed by atoms with Crippen LogP contribution in [0.15, 0.2) is 34.8 Å². The first kappa shape index (κ1) is 23.6. The van der Waals surface area contributed by atoms with Crippen LogP contribution < -0.4 is 14.8 Å². The van der Waals surface area contributed by atoms with E-state index < -0.39 is 7.60 Å². The molecule has 4 rings (SSSR count). The summed E-state index contributed by atoms with van der Waals surface area (Å²) in [5.74, 6) is 1.74. The summed E-state index contributed by atoms with van der Waals surface area (Å²) in [7, 11) is -1.51. The van der Waals surface area contributed by atoms with Crippen molar-refractivity contribution in [1.29, 1.82) is 0 Å². The molecule has 2 aromatic carbocycles. The number of nitrogens with one attached hydrogen (secondary N) is 1. The molecule has 2 atom stereocenters. The van der Waals surface area contributed by atoms with Gasteiger partial charge in [-0.25, -0.2) is 0 Å². The Morgan fingerprint density at radius 1 is 1.19 bits per heavy atom. The molecule has 0 saturated heterocycles. The minimum atomic E-state index is -3.17. The lowest BCUT2D eigenvalue weighted by atomic mass is 9.65. The van der Waals surface area contributed by atoms with Crippen molar-refractivity contribution < 1.29 is 23.1 Å². The first-order valence-corrected chi connectivity index (χ1v) is 13.5. The van der Waals surface area contributed by atoms with Gasteiger partial charge in [-0.2, -0.15) is 0 Å². The molecule has 32 heavy (non-hydrogen) atoms. The summed E-state index contributed by atoms with van der Waals surface area (Å²) >= 11 is 3.61. The van der Waals surface area contributed by atoms with E-state index in [0.29, 0.717) is 19.8 Å². The summed E-state index contributed by atoms with van der Waals surface area (Å²) < 4.78 is 36.8.